The molecule has 0 bridgehead atoms. The van der Waals surface area contributed by atoms with E-state index >= 15 is 0 Å². The maximum atomic E-state index is 12.8. The number of ketones is 2. The molecular weight excluding hydrogens is 274 g/mol. The monoisotopic (exact) mass is 295 g/mol. The molecule has 2 aliphatic carbocycles. The second kappa shape index (κ2) is 5.08. The zero-order chi connectivity index (χ0) is 15.2. The fraction of sp³-hybridized carbons (Fsp3) is 0.474. The van der Waals surface area contributed by atoms with Crippen LogP contribution in [-0.2, 0) is 9.59 Å². The van der Waals surface area contributed by atoms with Crippen LogP contribution < -0.4 is 0 Å². The Labute approximate surface area is 130 Å². The van der Waals surface area contributed by atoms with Gasteiger partial charge in [0.05, 0.1) is 0 Å². The first-order valence-electron chi connectivity index (χ1n) is 8.30. The van der Waals surface area contributed by atoms with Gasteiger partial charge in [-0.2, -0.15) is 0 Å². The second-order valence-corrected chi connectivity index (χ2v) is 7.07. The highest BCUT2D eigenvalue weighted by Crippen LogP contribution is 2.48. The van der Waals surface area contributed by atoms with Gasteiger partial charge in [0.2, 0.25) is 0 Å². The van der Waals surface area contributed by atoms with E-state index in [1.807, 2.05) is 30.5 Å². The van der Waals surface area contributed by atoms with Crippen molar-refractivity contribution in [3.8, 4) is 0 Å². The number of para-hydroxylation sites is 1. The van der Waals surface area contributed by atoms with E-state index in [-0.39, 0.29) is 17.0 Å². The van der Waals surface area contributed by atoms with Crippen LogP contribution in [-0.4, -0.2) is 16.6 Å². The van der Waals surface area contributed by atoms with Crippen molar-refractivity contribution in [3.05, 3.63) is 36.0 Å². The molecule has 2 fully saturated rings. The van der Waals surface area contributed by atoms with Gasteiger partial charge in [-0.25, -0.2) is 0 Å². The topological polar surface area (TPSA) is 49.9 Å². The van der Waals surface area contributed by atoms with Crippen LogP contribution in [0.25, 0.3) is 10.9 Å². The molecule has 1 N–H and O–H groups in total. The smallest absolute Gasteiger partial charge is 0.148 e. The first kappa shape index (κ1) is 13.7. The fourth-order valence-electron chi connectivity index (χ4n) is 4.52. The van der Waals surface area contributed by atoms with E-state index in [2.05, 4.69) is 4.98 Å². The van der Waals surface area contributed by atoms with E-state index in [4.69, 9.17) is 0 Å². The Bertz CT molecular complexity index is 717. The number of fused-ring (bicyclic) bond motifs is 1. The molecule has 1 aromatic heterocycles. The Morgan fingerprint density at radius 2 is 1.64 bits per heavy atom. The number of carbonyl (C=O) groups excluding carboxylic acids is 2. The molecule has 0 atom stereocenters. The van der Waals surface area contributed by atoms with Crippen LogP contribution in [0.3, 0.4) is 0 Å². The van der Waals surface area contributed by atoms with Crippen LogP contribution in [0.1, 0.15) is 56.4 Å². The van der Waals surface area contributed by atoms with Gasteiger partial charge in [-0.3, -0.25) is 9.59 Å². The van der Waals surface area contributed by atoms with Gasteiger partial charge < -0.3 is 4.98 Å². The first-order chi connectivity index (χ1) is 10.7. The van der Waals surface area contributed by atoms with Crippen molar-refractivity contribution in [2.24, 2.45) is 5.41 Å². The Balaban J connectivity index is 1.69. The van der Waals surface area contributed by atoms with E-state index in [1.165, 1.54) is 6.42 Å². The molecule has 2 saturated carbocycles. The maximum Gasteiger partial charge on any atom is 0.148 e. The molecule has 1 heterocycles. The summed E-state index contributed by atoms with van der Waals surface area (Å²) in [6.45, 7) is 0. The third-order valence-electron chi connectivity index (χ3n) is 5.59. The molecule has 2 aliphatic rings. The number of aromatic amines is 1. The number of rotatable bonds is 1. The first-order valence-corrected chi connectivity index (χ1v) is 8.30. The van der Waals surface area contributed by atoms with Crippen LogP contribution in [0, 0.1) is 5.41 Å². The quantitative estimate of drug-likeness (QED) is 0.804. The van der Waals surface area contributed by atoms with Gasteiger partial charge in [0.15, 0.2) is 0 Å². The Morgan fingerprint density at radius 1 is 0.955 bits per heavy atom. The molecule has 0 aliphatic heterocycles. The lowest BCUT2D eigenvalue weighted by Gasteiger charge is -2.41. The highest BCUT2D eigenvalue weighted by molar-refractivity contribution is 6.12. The number of aromatic nitrogens is 1. The number of benzene rings is 1. The SMILES string of the molecule is O=C1CC2(CCCCC2)CC(=O)C1c1c[nH]c2ccccc12. The average molecular weight is 295 g/mol. The molecular formula is C19H21NO2. The molecule has 0 saturated heterocycles. The molecule has 22 heavy (non-hydrogen) atoms. The van der Waals surface area contributed by atoms with Crippen LogP contribution in [0.4, 0.5) is 0 Å². The lowest BCUT2D eigenvalue weighted by molar-refractivity contribution is -0.137. The summed E-state index contributed by atoms with van der Waals surface area (Å²) in [5, 5.41) is 1.01. The van der Waals surface area contributed by atoms with E-state index in [9.17, 15) is 9.59 Å². The number of H-pyrrole nitrogens is 1. The summed E-state index contributed by atoms with van der Waals surface area (Å²) in [7, 11) is 0. The summed E-state index contributed by atoms with van der Waals surface area (Å²) >= 11 is 0. The van der Waals surface area contributed by atoms with Gasteiger partial charge in [-0.05, 0) is 29.9 Å². The van der Waals surface area contributed by atoms with Crippen molar-refractivity contribution in [1.82, 2.24) is 4.98 Å². The van der Waals surface area contributed by atoms with Crippen LogP contribution >= 0.6 is 0 Å². The lowest BCUT2D eigenvalue weighted by Crippen LogP contribution is -2.40. The predicted molar refractivity (Wildman–Crippen MR) is 85.8 cm³/mol. The lowest BCUT2D eigenvalue weighted by atomic mass is 9.61. The number of hydrogen-bond donors (Lipinski definition) is 1. The molecule has 3 nitrogen and oxygen atoms in total. The molecule has 2 aromatic rings. The Hall–Kier alpha value is -1.90. The van der Waals surface area contributed by atoms with Crippen LogP contribution in [0.15, 0.2) is 30.5 Å². The fourth-order valence-corrected chi connectivity index (χ4v) is 4.52. The second-order valence-electron chi connectivity index (χ2n) is 7.07. The third kappa shape index (κ3) is 2.11. The molecule has 114 valence electrons. The minimum absolute atomic E-state index is 0.0188. The minimum atomic E-state index is -0.552. The molecule has 0 amide bonds. The molecule has 0 unspecified atom stereocenters. The van der Waals surface area contributed by atoms with Crippen LogP contribution in [0.2, 0.25) is 0 Å². The minimum Gasteiger partial charge on any atom is -0.361 e. The number of nitrogens with one attached hydrogen (secondary N) is 1. The average Bonchev–Trinajstić information content (AvgIpc) is 2.91. The van der Waals surface area contributed by atoms with Gasteiger partial charge >= 0.3 is 0 Å². The van der Waals surface area contributed by atoms with Gasteiger partial charge in [-0.1, -0.05) is 37.5 Å². The number of Topliss-reactive ketones (excluding diaryl/α,β-unsaturated/α-hetero) is 2. The third-order valence-corrected chi connectivity index (χ3v) is 5.59. The standard InChI is InChI=1S/C19H21NO2/c21-16-10-19(8-4-1-5-9-19)11-17(22)18(16)14-12-20-15-7-3-2-6-13(14)15/h2-3,6-7,12,18,20H,1,4-5,8-11H2. The zero-order valence-electron chi connectivity index (χ0n) is 12.7. The molecule has 4 rings (SSSR count). The summed E-state index contributed by atoms with van der Waals surface area (Å²) in [4.78, 5) is 28.8. The summed E-state index contributed by atoms with van der Waals surface area (Å²) in [6.07, 6.45) is 8.69. The van der Waals surface area contributed by atoms with E-state index in [1.54, 1.807) is 0 Å². The van der Waals surface area contributed by atoms with Crippen molar-refractivity contribution in [2.75, 3.05) is 0 Å². The van der Waals surface area contributed by atoms with Crippen molar-refractivity contribution in [2.45, 2.75) is 50.9 Å². The summed E-state index contributed by atoms with van der Waals surface area (Å²) < 4.78 is 0. The maximum absolute atomic E-state index is 12.8. The number of hydrogen-bond acceptors (Lipinski definition) is 2. The molecule has 0 radical (unpaired) electrons. The van der Waals surface area contributed by atoms with Gasteiger partial charge in [-0.15, -0.1) is 0 Å². The van der Waals surface area contributed by atoms with E-state index in [0.717, 1.165) is 42.1 Å². The zero-order valence-corrected chi connectivity index (χ0v) is 12.7. The summed E-state index contributed by atoms with van der Waals surface area (Å²) in [5.74, 6) is -0.297. The van der Waals surface area contributed by atoms with Gasteiger partial charge in [0.1, 0.15) is 17.5 Å². The molecule has 3 heteroatoms. The molecule has 1 spiro atoms. The van der Waals surface area contributed by atoms with Gasteiger partial charge in [0.25, 0.3) is 0 Å². The number of carbonyl (C=O) groups is 2. The predicted octanol–water partition coefficient (Wildman–Crippen LogP) is 4.13. The molecule has 1 aromatic carbocycles. The van der Waals surface area contributed by atoms with Gasteiger partial charge in [0, 0.05) is 29.9 Å². The normalized spacial score (nSPS) is 22.5. The Kier molecular flexibility index (Phi) is 3.17. The highest BCUT2D eigenvalue weighted by atomic mass is 16.2. The summed E-state index contributed by atoms with van der Waals surface area (Å²) in [6, 6.07) is 7.90. The Morgan fingerprint density at radius 3 is 2.36 bits per heavy atom. The van der Waals surface area contributed by atoms with Crippen molar-refractivity contribution in [3.63, 3.8) is 0 Å². The summed E-state index contributed by atoms with van der Waals surface area (Å²) in [5.41, 5.74) is 1.85. The largest absolute Gasteiger partial charge is 0.361 e. The van der Waals surface area contributed by atoms with Crippen molar-refractivity contribution in [1.29, 1.82) is 0 Å². The van der Waals surface area contributed by atoms with Crippen molar-refractivity contribution < 1.29 is 9.59 Å². The highest BCUT2D eigenvalue weighted by Gasteiger charge is 2.46. The van der Waals surface area contributed by atoms with Crippen molar-refractivity contribution >= 4 is 22.5 Å². The van der Waals surface area contributed by atoms with Crippen LogP contribution in [0.5, 0.6) is 0 Å². The van der Waals surface area contributed by atoms with E-state index < -0.39 is 5.92 Å². The van der Waals surface area contributed by atoms with E-state index in [0.29, 0.717) is 12.8 Å².